The van der Waals surface area contributed by atoms with E-state index in [1.54, 1.807) is 6.07 Å². The molecule has 0 N–H and O–H groups in total. The maximum atomic E-state index is 13.3. The quantitative estimate of drug-likeness (QED) is 0.719. The SMILES string of the molecule is N#Cc1cccc(CN2CCC(c3noc4cc(F)ccc34)CC2)c1. The van der Waals surface area contributed by atoms with E-state index in [1.165, 1.54) is 17.7 Å². The van der Waals surface area contributed by atoms with Crippen LogP contribution in [0.2, 0.25) is 0 Å². The third kappa shape index (κ3) is 3.26. The van der Waals surface area contributed by atoms with Gasteiger partial charge < -0.3 is 4.52 Å². The van der Waals surface area contributed by atoms with Gasteiger partial charge in [-0.25, -0.2) is 4.39 Å². The van der Waals surface area contributed by atoms with Crippen LogP contribution in [-0.2, 0) is 6.54 Å². The second-order valence-corrected chi connectivity index (χ2v) is 6.57. The van der Waals surface area contributed by atoms with Crippen molar-refractivity contribution in [2.75, 3.05) is 13.1 Å². The van der Waals surface area contributed by atoms with Gasteiger partial charge in [0.05, 0.1) is 17.3 Å². The maximum Gasteiger partial charge on any atom is 0.170 e. The zero-order chi connectivity index (χ0) is 17.2. The molecule has 1 fully saturated rings. The summed E-state index contributed by atoms with van der Waals surface area (Å²) in [4.78, 5) is 2.40. The molecule has 0 bridgehead atoms. The molecule has 1 aliphatic rings. The Labute approximate surface area is 145 Å². The topological polar surface area (TPSA) is 53.1 Å². The van der Waals surface area contributed by atoms with E-state index in [4.69, 9.17) is 9.78 Å². The van der Waals surface area contributed by atoms with E-state index in [1.807, 2.05) is 18.2 Å². The molecule has 126 valence electrons. The fourth-order valence-corrected chi connectivity index (χ4v) is 3.59. The zero-order valence-electron chi connectivity index (χ0n) is 13.8. The Morgan fingerprint density at radius 3 is 2.84 bits per heavy atom. The minimum absolute atomic E-state index is 0.301. The van der Waals surface area contributed by atoms with E-state index < -0.39 is 0 Å². The Balaban J connectivity index is 1.43. The van der Waals surface area contributed by atoms with Crippen molar-refractivity contribution in [3.63, 3.8) is 0 Å². The average molecular weight is 335 g/mol. The molecule has 2 heterocycles. The standard InChI is InChI=1S/C20H18FN3O/c21-17-4-5-18-19(11-17)25-23-20(18)16-6-8-24(9-7-16)13-15-3-1-2-14(10-15)12-22/h1-5,10-11,16H,6-9,13H2. The Morgan fingerprint density at radius 1 is 1.20 bits per heavy atom. The number of nitriles is 1. The predicted octanol–water partition coefficient (Wildman–Crippen LogP) is 4.22. The van der Waals surface area contributed by atoms with Crippen molar-refractivity contribution >= 4 is 11.0 Å². The molecule has 3 aromatic rings. The number of benzene rings is 2. The fourth-order valence-electron chi connectivity index (χ4n) is 3.59. The van der Waals surface area contributed by atoms with Crippen molar-refractivity contribution < 1.29 is 8.91 Å². The molecule has 4 rings (SSSR count). The molecule has 0 unspecified atom stereocenters. The van der Waals surface area contributed by atoms with Crippen LogP contribution in [0.1, 0.15) is 35.6 Å². The molecule has 5 heteroatoms. The van der Waals surface area contributed by atoms with E-state index in [-0.39, 0.29) is 5.82 Å². The van der Waals surface area contributed by atoms with E-state index >= 15 is 0 Å². The molecular weight excluding hydrogens is 317 g/mol. The number of rotatable bonds is 3. The van der Waals surface area contributed by atoms with Gasteiger partial charge >= 0.3 is 0 Å². The molecule has 4 nitrogen and oxygen atoms in total. The van der Waals surface area contributed by atoms with E-state index in [0.29, 0.717) is 17.1 Å². The first kappa shape index (κ1) is 15.8. The molecule has 1 aliphatic heterocycles. The predicted molar refractivity (Wildman–Crippen MR) is 92.4 cm³/mol. The molecule has 0 radical (unpaired) electrons. The molecular formula is C20H18FN3O. The zero-order valence-corrected chi connectivity index (χ0v) is 13.8. The molecule has 1 aromatic heterocycles. The second-order valence-electron chi connectivity index (χ2n) is 6.57. The highest BCUT2D eigenvalue weighted by Gasteiger charge is 2.25. The lowest BCUT2D eigenvalue weighted by molar-refractivity contribution is 0.202. The van der Waals surface area contributed by atoms with Gasteiger partial charge in [-0.3, -0.25) is 4.90 Å². The highest BCUT2D eigenvalue weighted by molar-refractivity contribution is 5.79. The maximum absolute atomic E-state index is 13.3. The second kappa shape index (κ2) is 6.66. The first-order valence-electron chi connectivity index (χ1n) is 8.49. The van der Waals surface area contributed by atoms with Gasteiger partial charge in [-0.05, 0) is 55.8 Å². The Morgan fingerprint density at radius 2 is 2.04 bits per heavy atom. The average Bonchev–Trinajstić information content (AvgIpc) is 3.05. The first-order chi connectivity index (χ1) is 12.2. The number of piperidine rings is 1. The van der Waals surface area contributed by atoms with Gasteiger partial charge in [0.2, 0.25) is 0 Å². The van der Waals surface area contributed by atoms with Gasteiger partial charge in [-0.2, -0.15) is 5.26 Å². The van der Waals surface area contributed by atoms with Gasteiger partial charge in [0.15, 0.2) is 5.58 Å². The molecule has 1 saturated heterocycles. The number of aromatic nitrogens is 1. The molecule has 0 atom stereocenters. The monoisotopic (exact) mass is 335 g/mol. The number of likely N-dealkylation sites (tertiary alicyclic amines) is 1. The molecule has 0 saturated carbocycles. The lowest BCUT2D eigenvalue weighted by atomic mass is 9.91. The van der Waals surface area contributed by atoms with Gasteiger partial charge in [0, 0.05) is 23.9 Å². The third-order valence-electron chi connectivity index (χ3n) is 4.90. The molecule has 0 amide bonds. The van der Waals surface area contributed by atoms with Crippen LogP contribution in [0.5, 0.6) is 0 Å². The van der Waals surface area contributed by atoms with Crippen molar-refractivity contribution in [1.82, 2.24) is 10.1 Å². The number of hydrogen-bond acceptors (Lipinski definition) is 4. The van der Waals surface area contributed by atoms with Crippen molar-refractivity contribution in [2.24, 2.45) is 0 Å². The summed E-state index contributed by atoms with van der Waals surface area (Å²) in [6.07, 6.45) is 1.99. The van der Waals surface area contributed by atoms with Crippen LogP contribution in [0, 0.1) is 17.1 Å². The lowest BCUT2D eigenvalue weighted by Gasteiger charge is -2.31. The normalized spacial score (nSPS) is 16.2. The Kier molecular flexibility index (Phi) is 4.21. The van der Waals surface area contributed by atoms with Crippen molar-refractivity contribution in [1.29, 1.82) is 5.26 Å². The van der Waals surface area contributed by atoms with Crippen molar-refractivity contribution in [3.8, 4) is 6.07 Å². The Hall–Kier alpha value is -2.71. The summed E-state index contributed by atoms with van der Waals surface area (Å²) in [5, 5.41) is 14.1. The summed E-state index contributed by atoms with van der Waals surface area (Å²) in [6, 6.07) is 14.6. The van der Waals surface area contributed by atoms with Gasteiger partial charge in [-0.15, -0.1) is 0 Å². The van der Waals surface area contributed by atoms with Gasteiger partial charge in [0.25, 0.3) is 0 Å². The van der Waals surface area contributed by atoms with E-state index in [0.717, 1.165) is 43.6 Å². The van der Waals surface area contributed by atoms with Crippen LogP contribution >= 0.6 is 0 Å². The number of nitrogens with zero attached hydrogens (tertiary/aromatic N) is 3. The van der Waals surface area contributed by atoms with Crippen LogP contribution in [0.15, 0.2) is 47.0 Å². The summed E-state index contributed by atoms with van der Waals surface area (Å²) in [5.74, 6) is 0.0398. The summed E-state index contributed by atoms with van der Waals surface area (Å²) in [7, 11) is 0. The van der Waals surface area contributed by atoms with E-state index in [9.17, 15) is 4.39 Å². The van der Waals surface area contributed by atoms with Crippen LogP contribution in [0.25, 0.3) is 11.0 Å². The first-order valence-corrected chi connectivity index (χ1v) is 8.49. The highest BCUT2D eigenvalue weighted by Crippen LogP contribution is 2.33. The van der Waals surface area contributed by atoms with Crippen LogP contribution in [0.4, 0.5) is 4.39 Å². The van der Waals surface area contributed by atoms with Crippen LogP contribution < -0.4 is 0 Å². The summed E-state index contributed by atoms with van der Waals surface area (Å²) < 4.78 is 18.6. The molecule has 2 aromatic carbocycles. The number of fused-ring (bicyclic) bond motifs is 1. The summed E-state index contributed by atoms with van der Waals surface area (Å²) in [5.41, 5.74) is 3.33. The van der Waals surface area contributed by atoms with Crippen LogP contribution in [0.3, 0.4) is 0 Å². The molecule has 0 aliphatic carbocycles. The number of halogens is 1. The largest absolute Gasteiger partial charge is 0.356 e. The van der Waals surface area contributed by atoms with Crippen molar-refractivity contribution in [3.05, 3.63) is 65.1 Å². The van der Waals surface area contributed by atoms with Gasteiger partial charge in [-0.1, -0.05) is 17.3 Å². The summed E-state index contributed by atoms with van der Waals surface area (Å²) in [6.45, 7) is 2.79. The smallest absolute Gasteiger partial charge is 0.170 e. The lowest BCUT2D eigenvalue weighted by Crippen LogP contribution is -2.32. The van der Waals surface area contributed by atoms with E-state index in [2.05, 4.69) is 22.2 Å². The minimum Gasteiger partial charge on any atom is -0.356 e. The summed E-state index contributed by atoms with van der Waals surface area (Å²) >= 11 is 0. The van der Waals surface area contributed by atoms with Gasteiger partial charge in [0.1, 0.15) is 5.82 Å². The Bertz CT molecular complexity index is 936. The molecule has 0 spiro atoms. The minimum atomic E-state index is -0.301. The van der Waals surface area contributed by atoms with Crippen LogP contribution in [-0.4, -0.2) is 23.1 Å². The van der Waals surface area contributed by atoms with Crippen molar-refractivity contribution in [2.45, 2.75) is 25.3 Å². The highest BCUT2D eigenvalue weighted by atomic mass is 19.1. The fraction of sp³-hybridized carbons (Fsp3) is 0.300. The third-order valence-corrected chi connectivity index (χ3v) is 4.90. The number of hydrogen-bond donors (Lipinski definition) is 0. The molecule has 25 heavy (non-hydrogen) atoms.